The van der Waals surface area contributed by atoms with E-state index >= 15 is 0 Å². The average Bonchev–Trinajstić information content (AvgIpc) is 2.89. The second-order valence-corrected chi connectivity index (χ2v) is 7.58. The number of carboxylic acids is 2. The Morgan fingerprint density at radius 2 is 1.41 bits per heavy atom. The first kappa shape index (κ1) is 19.8. The number of aromatic carboxylic acids is 2. The zero-order valence-corrected chi connectivity index (χ0v) is 15.9. The third-order valence-electron chi connectivity index (χ3n) is 4.14. The number of benzene rings is 2. The second-order valence-electron chi connectivity index (χ2n) is 7.58. The highest BCUT2D eigenvalue weighted by atomic mass is 16.4. The summed E-state index contributed by atoms with van der Waals surface area (Å²) in [5, 5.41) is 18.5. The molecule has 0 saturated heterocycles. The molecule has 29 heavy (non-hydrogen) atoms. The van der Waals surface area contributed by atoms with Crippen LogP contribution in [0.4, 0.5) is 5.69 Å². The van der Waals surface area contributed by atoms with Gasteiger partial charge in [0.25, 0.3) is 11.8 Å². The number of hydrogen-bond donors (Lipinski definition) is 2. The van der Waals surface area contributed by atoms with E-state index in [1.165, 1.54) is 12.1 Å². The maximum absolute atomic E-state index is 12.9. The molecule has 1 heterocycles. The predicted octanol–water partition coefficient (Wildman–Crippen LogP) is 3.28. The highest BCUT2D eigenvalue weighted by Gasteiger charge is 2.37. The highest BCUT2D eigenvalue weighted by Crippen LogP contribution is 2.30. The molecule has 7 nitrogen and oxygen atoms in total. The Morgan fingerprint density at radius 3 is 1.93 bits per heavy atom. The van der Waals surface area contributed by atoms with Crippen molar-refractivity contribution >= 4 is 29.4 Å². The Labute approximate surface area is 166 Å². The molecule has 0 fully saturated rings. The molecular formula is C22H17NO6. The number of carboxylic acid groups (broad SMARTS) is 2. The molecule has 7 heteroatoms. The van der Waals surface area contributed by atoms with Gasteiger partial charge in [-0.05, 0) is 57.2 Å². The van der Waals surface area contributed by atoms with Crippen LogP contribution in [0.25, 0.3) is 0 Å². The van der Waals surface area contributed by atoms with Gasteiger partial charge in [0.15, 0.2) is 0 Å². The van der Waals surface area contributed by atoms with E-state index in [0.29, 0.717) is 5.56 Å². The molecule has 0 aromatic heterocycles. The van der Waals surface area contributed by atoms with Crippen molar-refractivity contribution in [3.63, 3.8) is 0 Å². The molecule has 2 N–H and O–H groups in total. The van der Waals surface area contributed by atoms with E-state index in [4.69, 9.17) is 0 Å². The number of rotatable bonds is 3. The van der Waals surface area contributed by atoms with Crippen molar-refractivity contribution in [1.82, 2.24) is 0 Å². The van der Waals surface area contributed by atoms with Crippen molar-refractivity contribution in [3.05, 3.63) is 64.2 Å². The minimum absolute atomic E-state index is 0.115. The summed E-state index contributed by atoms with van der Waals surface area (Å²) in [6.07, 6.45) is 0. The van der Waals surface area contributed by atoms with E-state index in [-0.39, 0.29) is 33.4 Å². The first-order valence-corrected chi connectivity index (χ1v) is 8.65. The monoisotopic (exact) mass is 391 g/mol. The van der Waals surface area contributed by atoms with Gasteiger partial charge in [0.2, 0.25) is 0 Å². The molecular weight excluding hydrogens is 374 g/mol. The van der Waals surface area contributed by atoms with Gasteiger partial charge in [-0.3, -0.25) is 9.59 Å². The molecule has 1 aliphatic rings. The number of hydrogen-bond acceptors (Lipinski definition) is 4. The minimum atomic E-state index is -1.37. The SMILES string of the molecule is CC(C)(C)C#Cc1ccc2c(c1)C(=O)N(c1cc(C(=O)O)cc(C(=O)O)c1)C2=O. The van der Waals surface area contributed by atoms with E-state index in [9.17, 15) is 29.4 Å². The highest BCUT2D eigenvalue weighted by molar-refractivity contribution is 6.34. The van der Waals surface area contributed by atoms with E-state index in [1.54, 1.807) is 6.07 Å². The number of nitrogens with zero attached hydrogens (tertiary/aromatic N) is 1. The van der Waals surface area contributed by atoms with Crippen LogP contribution in [0.1, 0.15) is 67.8 Å². The van der Waals surface area contributed by atoms with Crippen LogP contribution in [0.2, 0.25) is 0 Å². The summed E-state index contributed by atoms with van der Waals surface area (Å²) < 4.78 is 0. The van der Waals surface area contributed by atoms with Crippen LogP contribution in [0, 0.1) is 17.3 Å². The van der Waals surface area contributed by atoms with Crippen LogP contribution in [0.3, 0.4) is 0 Å². The summed E-state index contributed by atoms with van der Waals surface area (Å²) in [7, 11) is 0. The topological polar surface area (TPSA) is 112 Å². The maximum atomic E-state index is 12.9. The summed E-state index contributed by atoms with van der Waals surface area (Å²) in [6, 6.07) is 7.78. The molecule has 0 saturated carbocycles. The van der Waals surface area contributed by atoms with Crippen molar-refractivity contribution in [3.8, 4) is 11.8 Å². The molecule has 2 amide bonds. The van der Waals surface area contributed by atoms with Gasteiger partial charge in [-0.1, -0.05) is 11.8 Å². The third-order valence-corrected chi connectivity index (χ3v) is 4.14. The molecule has 2 aromatic carbocycles. The molecule has 0 spiro atoms. The zero-order chi connectivity index (χ0) is 21.5. The van der Waals surface area contributed by atoms with Crippen molar-refractivity contribution in [1.29, 1.82) is 0 Å². The smallest absolute Gasteiger partial charge is 0.335 e. The lowest BCUT2D eigenvalue weighted by atomic mass is 9.97. The predicted molar refractivity (Wildman–Crippen MR) is 104 cm³/mol. The lowest BCUT2D eigenvalue weighted by molar-refractivity contribution is 0.0695. The van der Waals surface area contributed by atoms with Gasteiger partial charge in [-0.25, -0.2) is 14.5 Å². The fourth-order valence-electron chi connectivity index (χ4n) is 2.80. The van der Waals surface area contributed by atoms with Gasteiger partial charge in [0.1, 0.15) is 0 Å². The molecule has 0 radical (unpaired) electrons. The average molecular weight is 391 g/mol. The third kappa shape index (κ3) is 3.87. The second kappa shape index (κ2) is 6.91. The van der Waals surface area contributed by atoms with Crippen molar-refractivity contribution < 1.29 is 29.4 Å². The van der Waals surface area contributed by atoms with Gasteiger partial charge in [0.05, 0.1) is 27.9 Å². The lowest BCUT2D eigenvalue weighted by Crippen LogP contribution is -2.29. The molecule has 0 aliphatic carbocycles. The van der Waals surface area contributed by atoms with Crippen LogP contribution >= 0.6 is 0 Å². The first-order valence-electron chi connectivity index (χ1n) is 8.65. The summed E-state index contributed by atoms with van der Waals surface area (Å²) >= 11 is 0. The van der Waals surface area contributed by atoms with E-state index in [0.717, 1.165) is 23.1 Å². The standard InChI is InChI=1S/C22H17NO6/c1-22(2,3)7-6-12-4-5-16-17(8-12)19(25)23(18(16)24)15-10-13(20(26)27)9-14(11-15)21(28)29/h4-5,8-11H,1-3H3,(H,26,27)(H,28,29). The quantitative estimate of drug-likeness (QED) is 0.613. The number of anilines is 1. The van der Waals surface area contributed by atoms with E-state index in [1.807, 2.05) is 20.8 Å². The zero-order valence-electron chi connectivity index (χ0n) is 15.9. The molecule has 3 rings (SSSR count). The number of fused-ring (bicyclic) bond motifs is 1. The van der Waals surface area contributed by atoms with Gasteiger partial charge in [0, 0.05) is 11.0 Å². The van der Waals surface area contributed by atoms with Crippen molar-refractivity contribution in [2.24, 2.45) is 5.41 Å². The number of carbonyl (C=O) groups excluding carboxylic acids is 2. The molecule has 1 aliphatic heterocycles. The van der Waals surface area contributed by atoms with Crippen LogP contribution < -0.4 is 4.90 Å². The number of amides is 2. The number of imide groups is 1. The Bertz CT molecular complexity index is 1110. The van der Waals surface area contributed by atoms with Gasteiger partial charge in [-0.15, -0.1) is 0 Å². The normalized spacial score (nSPS) is 13.0. The largest absolute Gasteiger partial charge is 0.478 e. The summed E-state index contributed by atoms with van der Waals surface area (Å²) in [5.41, 5.74) is -0.193. The van der Waals surface area contributed by atoms with Gasteiger partial charge >= 0.3 is 11.9 Å². The summed E-state index contributed by atoms with van der Waals surface area (Å²) in [5.74, 6) is 1.96. The summed E-state index contributed by atoms with van der Waals surface area (Å²) in [4.78, 5) is 49.1. The fourth-order valence-corrected chi connectivity index (χ4v) is 2.80. The molecule has 0 bridgehead atoms. The maximum Gasteiger partial charge on any atom is 0.335 e. The van der Waals surface area contributed by atoms with Gasteiger partial charge < -0.3 is 10.2 Å². The Morgan fingerprint density at radius 1 is 0.862 bits per heavy atom. The van der Waals surface area contributed by atoms with Crippen molar-refractivity contribution in [2.45, 2.75) is 20.8 Å². The molecule has 2 aromatic rings. The Balaban J connectivity index is 2.08. The minimum Gasteiger partial charge on any atom is -0.478 e. The molecule has 146 valence electrons. The lowest BCUT2D eigenvalue weighted by Gasteiger charge is -2.15. The fraction of sp³-hybridized carbons (Fsp3) is 0.182. The van der Waals surface area contributed by atoms with Crippen LogP contribution in [-0.4, -0.2) is 34.0 Å². The van der Waals surface area contributed by atoms with E-state index in [2.05, 4.69) is 11.8 Å². The first-order chi connectivity index (χ1) is 13.5. The number of carbonyl (C=O) groups is 4. The Kier molecular flexibility index (Phi) is 4.73. The molecule has 0 atom stereocenters. The van der Waals surface area contributed by atoms with E-state index < -0.39 is 23.8 Å². The van der Waals surface area contributed by atoms with Gasteiger partial charge in [-0.2, -0.15) is 0 Å². The Hall–Kier alpha value is -3.92. The molecule has 0 unspecified atom stereocenters. The summed E-state index contributed by atoms with van der Waals surface area (Å²) in [6.45, 7) is 5.83. The van der Waals surface area contributed by atoms with Crippen LogP contribution in [0.15, 0.2) is 36.4 Å². The van der Waals surface area contributed by atoms with Crippen LogP contribution in [-0.2, 0) is 0 Å². The van der Waals surface area contributed by atoms with Crippen LogP contribution in [0.5, 0.6) is 0 Å². The van der Waals surface area contributed by atoms with Crippen molar-refractivity contribution in [2.75, 3.05) is 4.90 Å².